The van der Waals surface area contributed by atoms with Gasteiger partial charge in [-0.05, 0) is 35.2 Å². The second-order valence-corrected chi connectivity index (χ2v) is 5.49. The van der Waals surface area contributed by atoms with E-state index in [0.717, 1.165) is 6.07 Å². The van der Waals surface area contributed by atoms with Crippen LogP contribution in [0.3, 0.4) is 0 Å². The molecular formula is C19H19F3O3. The molecule has 0 radical (unpaired) electrons. The SMILES string of the molecule is CCc1ccc(OCc2ccccc2CC(=O)OC)c(C(F)(F)F)c1. The summed E-state index contributed by atoms with van der Waals surface area (Å²) in [6.45, 7) is 1.72. The van der Waals surface area contributed by atoms with E-state index in [4.69, 9.17) is 4.74 Å². The van der Waals surface area contributed by atoms with Crippen molar-refractivity contribution in [3.05, 3.63) is 64.7 Å². The number of hydrogen-bond acceptors (Lipinski definition) is 3. The molecule has 6 heteroatoms. The number of benzene rings is 2. The summed E-state index contributed by atoms with van der Waals surface area (Å²) >= 11 is 0. The number of halogens is 3. The molecule has 2 aromatic rings. The lowest BCUT2D eigenvalue weighted by Crippen LogP contribution is -2.11. The molecule has 0 N–H and O–H groups in total. The molecule has 2 aromatic carbocycles. The number of aryl methyl sites for hydroxylation is 1. The van der Waals surface area contributed by atoms with Crippen LogP contribution in [-0.4, -0.2) is 13.1 Å². The molecule has 0 aliphatic carbocycles. The minimum Gasteiger partial charge on any atom is -0.488 e. The molecule has 0 saturated carbocycles. The van der Waals surface area contributed by atoms with Crippen LogP contribution in [0.15, 0.2) is 42.5 Å². The van der Waals surface area contributed by atoms with Gasteiger partial charge >= 0.3 is 12.1 Å². The van der Waals surface area contributed by atoms with Crippen LogP contribution in [0.5, 0.6) is 5.75 Å². The first-order valence-corrected chi connectivity index (χ1v) is 7.81. The summed E-state index contributed by atoms with van der Waals surface area (Å²) in [7, 11) is 1.28. The molecule has 0 fully saturated rings. The summed E-state index contributed by atoms with van der Waals surface area (Å²) in [6, 6.07) is 11.0. The Hall–Kier alpha value is -2.50. The minimum atomic E-state index is -4.49. The van der Waals surface area contributed by atoms with Gasteiger partial charge in [-0.25, -0.2) is 0 Å². The molecule has 0 aliphatic rings. The first-order chi connectivity index (χ1) is 11.8. The van der Waals surface area contributed by atoms with E-state index in [-0.39, 0.29) is 18.8 Å². The maximum atomic E-state index is 13.2. The fraction of sp³-hybridized carbons (Fsp3) is 0.316. The van der Waals surface area contributed by atoms with Crippen molar-refractivity contribution in [3.8, 4) is 5.75 Å². The first kappa shape index (κ1) is 18.8. The van der Waals surface area contributed by atoms with Gasteiger partial charge in [0.25, 0.3) is 0 Å². The lowest BCUT2D eigenvalue weighted by molar-refractivity contribution is -0.140. The van der Waals surface area contributed by atoms with Gasteiger partial charge in [-0.2, -0.15) is 13.2 Å². The van der Waals surface area contributed by atoms with E-state index in [1.54, 1.807) is 37.3 Å². The van der Waals surface area contributed by atoms with Crippen molar-refractivity contribution in [3.63, 3.8) is 0 Å². The highest BCUT2D eigenvalue weighted by Gasteiger charge is 2.34. The van der Waals surface area contributed by atoms with Crippen LogP contribution in [0.2, 0.25) is 0 Å². The topological polar surface area (TPSA) is 35.5 Å². The fourth-order valence-corrected chi connectivity index (χ4v) is 2.40. The summed E-state index contributed by atoms with van der Waals surface area (Å²) in [4.78, 5) is 11.5. The van der Waals surface area contributed by atoms with Gasteiger partial charge in [-0.3, -0.25) is 4.79 Å². The van der Waals surface area contributed by atoms with Crippen molar-refractivity contribution in [1.29, 1.82) is 0 Å². The molecule has 0 heterocycles. The second-order valence-electron chi connectivity index (χ2n) is 5.49. The minimum absolute atomic E-state index is 0.0386. The van der Waals surface area contributed by atoms with Crippen LogP contribution in [-0.2, 0) is 35.2 Å². The van der Waals surface area contributed by atoms with Gasteiger partial charge in [0.1, 0.15) is 12.4 Å². The molecule has 0 amide bonds. The van der Waals surface area contributed by atoms with Crippen LogP contribution < -0.4 is 4.74 Å². The quantitative estimate of drug-likeness (QED) is 0.715. The zero-order chi connectivity index (χ0) is 18.4. The van der Waals surface area contributed by atoms with Crippen LogP contribution >= 0.6 is 0 Å². The molecule has 25 heavy (non-hydrogen) atoms. The summed E-state index contributed by atoms with van der Waals surface area (Å²) in [5, 5.41) is 0. The van der Waals surface area contributed by atoms with E-state index in [9.17, 15) is 18.0 Å². The van der Waals surface area contributed by atoms with E-state index in [1.165, 1.54) is 13.2 Å². The Morgan fingerprint density at radius 3 is 2.36 bits per heavy atom. The van der Waals surface area contributed by atoms with Gasteiger partial charge in [0, 0.05) is 0 Å². The smallest absolute Gasteiger partial charge is 0.419 e. The normalized spacial score (nSPS) is 11.2. The molecule has 0 unspecified atom stereocenters. The number of alkyl halides is 3. The molecule has 0 aromatic heterocycles. The number of carbonyl (C=O) groups is 1. The third-order valence-corrected chi connectivity index (χ3v) is 3.82. The zero-order valence-electron chi connectivity index (χ0n) is 14.0. The molecular weight excluding hydrogens is 333 g/mol. The van der Waals surface area contributed by atoms with E-state index in [1.807, 2.05) is 0 Å². The highest BCUT2D eigenvalue weighted by molar-refractivity contribution is 5.72. The van der Waals surface area contributed by atoms with Crippen LogP contribution in [0, 0.1) is 0 Å². The van der Waals surface area contributed by atoms with E-state index >= 15 is 0 Å². The lowest BCUT2D eigenvalue weighted by Gasteiger charge is -2.16. The number of ether oxygens (including phenoxy) is 2. The van der Waals surface area contributed by atoms with E-state index in [0.29, 0.717) is 23.1 Å². The highest BCUT2D eigenvalue weighted by Crippen LogP contribution is 2.37. The van der Waals surface area contributed by atoms with E-state index < -0.39 is 17.7 Å². The number of rotatable bonds is 6. The van der Waals surface area contributed by atoms with Crippen molar-refractivity contribution in [1.82, 2.24) is 0 Å². The zero-order valence-corrected chi connectivity index (χ0v) is 14.0. The fourth-order valence-electron chi connectivity index (χ4n) is 2.40. The van der Waals surface area contributed by atoms with Gasteiger partial charge in [0.15, 0.2) is 0 Å². The van der Waals surface area contributed by atoms with E-state index in [2.05, 4.69) is 4.74 Å². The molecule has 0 saturated heterocycles. The van der Waals surface area contributed by atoms with Crippen molar-refractivity contribution >= 4 is 5.97 Å². The number of hydrogen-bond donors (Lipinski definition) is 0. The lowest BCUT2D eigenvalue weighted by atomic mass is 10.0. The highest BCUT2D eigenvalue weighted by atomic mass is 19.4. The monoisotopic (exact) mass is 352 g/mol. The maximum Gasteiger partial charge on any atom is 0.419 e. The Morgan fingerprint density at radius 1 is 1.08 bits per heavy atom. The third kappa shape index (κ3) is 4.98. The Labute approximate surface area is 144 Å². The second kappa shape index (κ2) is 8.05. The number of methoxy groups -OCH3 is 1. The van der Waals surface area contributed by atoms with Gasteiger partial charge in [0.05, 0.1) is 19.1 Å². The molecule has 134 valence electrons. The maximum absolute atomic E-state index is 13.2. The van der Waals surface area contributed by atoms with Crippen LogP contribution in [0.4, 0.5) is 13.2 Å². The Bertz CT molecular complexity index is 739. The average molecular weight is 352 g/mol. The number of carbonyl (C=O) groups excluding carboxylic acids is 1. The Balaban J connectivity index is 2.23. The summed E-state index contributed by atoms with van der Waals surface area (Å²) in [5.41, 5.74) is 1.09. The van der Waals surface area contributed by atoms with Crippen LogP contribution in [0.1, 0.15) is 29.2 Å². The molecule has 0 aliphatic heterocycles. The Kier molecular flexibility index (Phi) is 6.07. The van der Waals surface area contributed by atoms with Gasteiger partial charge in [0.2, 0.25) is 0 Å². The van der Waals surface area contributed by atoms with Crippen molar-refractivity contribution in [2.75, 3.05) is 7.11 Å². The summed E-state index contributed by atoms with van der Waals surface area (Å²) in [5.74, 6) is -0.645. The predicted molar refractivity (Wildman–Crippen MR) is 87.3 cm³/mol. The summed E-state index contributed by atoms with van der Waals surface area (Å²) < 4.78 is 49.8. The first-order valence-electron chi connectivity index (χ1n) is 7.81. The molecule has 2 rings (SSSR count). The van der Waals surface area contributed by atoms with Crippen molar-refractivity contribution in [2.24, 2.45) is 0 Å². The number of esters is 1. The predicted octanol–water partition coefficient (Wildman–Crippen LogP) is 4.56. The van der Waals surface area contributed by atoms with Crippen molar-refractivity contribution < 1.29 is 27.4 Å². The van der Waals surface area contributed by atoms with Gasteiger partial charge < -0.3 is 9.47 Å². The molecule has 0 bridgehead atoms. The molecule has 3 nitrogen and oxygen atoms in total. The average Bonchev–Trinajstić information content (AvgIpc) is 2.60. The standard InChI is InChI=1S/C19H19F3O3/c1-3-13-8-9-17(16(10-13)19(20,21)22)25-12-15-7-5-4-6-14(15)11-18(23)24-2/h4-10H,3,11-12H2,1-2H3. The third-order valence-electron chi connectivity index (χ3n) is 3.82. The molecule has 0 spiro atoms. The largest absolute Gasteiger partial charge is 0.488 e. The Morgan fingerprint density at radius 2 is 1.76 bits per heavy atom. The van der Waals surface area contributed by atoms with Crippen molar-refractivity contribution in [2.45, 2.75) is 32.5 Å². The van der Waals surface area contributed by atoms with Gasteiger partial charge in [-0.15, -0.1) is 0 Å². The summed E-state index contributed by atoms with van der Waals surface area (Å²) in [6.07, 6.45) is -3.95. The molecule has 0 atom stereocenters. The van der Waals surface area contributed by atoms with Crippen LogP contribution in [0.25, 0.3) is 0 Å². The van der Waals surface area contributed by atoms with Gasteiger partial charge in [-0.1, -0.05) is 37.3 Å².